The van der Waals surface area contributed by atoms with Crippen molar-refractivity contribution in [2.45, 2.75) is 0 Å². The van der Waals surface area contributed by atoms with Gasteiger partial charge in [0.15, 0.2) is 0 Å². The number of hydrogen-bond acceptors (Lipinski definition) is 3. The molecule has 0 aliphatic carbocycles. The standard InChI is InChI=1S/C12H10Cl2N2O/c1-17-12-9(5-7(15)6-16-12)8-3-2-4-10(13)11(8)14/h2-6H,15H2,1H3. The van der Waals surface area contributed by atoms with E-state index in [-0.39, 0.29) is 0 Å². The van der Waals surface area contributed by atoms with Crippen LogP contribution in [0.3, 0.4) is 0 Å². The van der Waals surface area contributed by atoms with Crippen molar-refractivity contribution in [1.82, 2.24) is 4.98 Å². The van der Waals surface area contributed by atoms with E-state index in [0.717, 1.165) is 11.1 Å². The highest BCUT2D eigenvalue weighted by Crippen LogP contribution is 2.37. The van der Waals surface area contributed by atoms with Crippen molar-refractivity contribution in [2.24, 2.45) is 0 Å². The van der Waals surface area contributed by atoms with Gasteiger partial charge in [-0.25, -0.2) is 4.98 Å². The van der Waals surface area contributed by atoms with Crippen molar-refractivity contribution in [1.29, 1.82) is 0 Å². The van der Waals surface area contributed by atoms with Crippen LogP contribution in [0.2, 0.25) is 10.0 Å². The van der Waals surface area contributed by atoms with E-state index in [9.17, 15) is 0 Å². The van der Waals surface area contributed by atoms with Gasteiger partial charge in [0.2, 0.25) is 5.88 Å². The number of nitrogens with zero attached hydrogens (tertiary/aromatic N) is 1. The van der Waals surface area contributed by atoms with Gasteiger partial charge in [-0.05, 0) is 12.1 Å². The summed E-state index contributed by atoms with van der Waals surface area (Å²) in [5, 5.41) is 0.938. The van der Waals surface area contributed by atoms with E-state index in [4.69, 9.17) is 33.7 Å². The number of pyridine rings is 1. The maximum absolute atomic E-state index is 6.15. The summed E-state index contributed by atoms with van der Waals surface area (Å²) in [6, 6.07) is 7.13. The minimum atomic E-state index is 0.458. The molecule has 0 radical (unpaired) electrons. The molecule has 17 heavy (non-hydrogen) atoms. The third-order valence-electron chi connectivity index (χ3n) is 2.31. The van der Waals surface area contributed by atoms with E-state index >= 15 is 0 Å². The molecule has 2 aromatic rings. The lowest BCUT2D eigenvalue weighted by molar-refractivity contribution is 0.400. The van der Waals surface area contributed by atoms with Crippen LogP contribution in [0.4, 0.5) is 5.69 Å². The Morgan fingerprint density at radius 3 is 2.71 bits per heavy atom. The zero-order chi connectivity index (χ0) is 12.4. The van der Waals surface area contributed by atoms with Crippen molar-refractivity contribution < 1.29 is 4.74 Å². The first-order chi connectivity index (χ1) is 8.13. The van der Waals surface area contributed by atoms with Crippen LogP contribution in [0.5, 0.6) is 5.88 Å². The van der Waals surface area contributed by atoms with Gasteiger partial charge in [0, 0.05) is 11.1 Å². The molecule has 3 nitrogen and oxygen atoms in total. The Labute approximate surface area is 109 Å². The Bertz CT molecular complexity index is 558. The lowest BCUT2D eigenvalue weighted by Gasteiger charge is -2.10. The molecule has 0 atom stereocenters. The van der Waals surface area contributed by atoms with E-state index in [0.29, 0.717) is 21.6 Å². The molecule has 0 unspecified atom stereocenters. The van der Waals surface area contributed by atoms with Gasteiger partial charge in [0.1, 0.15) is 0 Å². The van der Waals surface area contributed by atoms with Crippen molar-refractivity contribution in [2.75, 3.05) is 12.8 Å². The zero-order valence-corrected chi connectivity index (χ0v) is 10.6. The predicted octanol–water partition coefficient (Wildman–Crippen LogP) is 3.65. The molecule has 88 valence electrons. The fourth-order valence-electron chi connectivity index (χ4n) is 1.54. The van der Waals surface area contributed by atoms with Crippen LogP contribution in [0.25, 0.3) is 11.1 Å². The molecule has 0 bridgehead atoms. The number of halogens is 2. The number of methoxy groups -OCH3 is 1. The van der Waals surface area contributed by atoms with Gasteiger partial charge in [0.05, 0.1) is 29.0 Å². The van der Waals surface area contributed by atoms with E-state index in [1.165, 1.54) is 6.20 Å². The lowest BCUT2D eigenvalue weighted by atomic mass is 10.1. The zero-order valence-electron chi connectivity index (χ0n) is 9.08. The van der Waals surface area contributed by atoms with Crippen LogP contribution < -0.4 is 10.5 Å². The van der Waals surface area contributed by atoms with Gasteiger partial charge in [-0.3, -0.25) is 0 Å². The van der Waals surface area contributed by atoms with Crippen LogP contribution in [0, 0.1) is 0 Å². The summed E-state index contributed by atoms with van der Waals surface area (Å²) in [6.45, 7) is 0. The lowest BCUT2D eigenvalue weighted by Crippen LogP contribution is -1.95. The van der Waals surface area contributed by atoms with Gasteiger partial charge >= 0.3 is 0 Å². The molecule has 0 saturated heterocycles. The molecule has 1 aromatic heterocycles. The highest BCUT2D eigenvalue weighted by molar-refractivity contribution is 6.43. The number of benzene rings is 1. The molecule has 0 amide bonds. The van der Waals surface area contributed by atoms with Gasteiger partial charge in [-0.2, -0.15) is 0 Å². The Hall–Kier alpha value is -1.45. The first kappa shape index (κ1) is 12.0. The molecular weight excluding hydrogens is 259 g/mol. The first-order valence-corrected chi connectivity index (χ1v) is 5.63. The SMILES string of the molecule is COc1ncc(N)cc1-c1cccc(Cl)c1Cl. The smallest absolute Gasteiger partial charge is 0.221 e. The first-order valence-electron chi connectivity index (χ1n) is 4.87. The number of nitrogens with two attached hydrogens (primary N) is 1. The van der Waals surface area contributed by atoms with Gasteiger partial charge in [0.25, 0.3) is 0 Å². The van der Waals surface area contributed by atoms with Crippen LogP contribution >= 0.6 is 23.2 Å². The third kappa shape index (κ3) is 2.30. The molecule has 1 heterocycles. The number of aromatic nitrogens is 1. The maximum Gasteiger partial charge on any atom is 0.221 e. The van der Waals surface area contributed by atoms with E-state index < -0.39 is 0 Å². The Balaban J connectivity index is 2.67. The van der Waals surface area contributed by atoms with Crippen molar-refractivity contribution >= 4 is 28.9 Å². The molecule has 0 aliphatic rings. The summed E-state index contributed by atoms with van der Waals surface area (Å²) in [5.74, 6) is 0.461. The average Bonchev–Trinajstić information content (AvgIpc) is 2.33. The summed E-state index contributed by atoms with van der Waals surface area (Å²) in [4.78, 5) is 4.09. The minimum Gasteiger partial charge on any atom is -0.481 e. The Kier molecular flexibility index (Phi) is 3.41. The molecule has 5 heteroatoms. The fraction of sp³-hybridized carbons (Fsp3) is 0.0833. The van der Waals surface area contributed by atoms with Gasteiger partial charge < -0.3 is 10.5 Å². The molecule has 2 N–H and O–H groups in total. The molecule has 0 saturated carbocycles. The molecule has 1 aromatic carbocycles. The number of hydrogen-bond donors (Lipinski definition) is 1. The topological polar surface area (TPSA) is 48.1 Å². The van der Waals surface area contributed by atoms with Crippen LogP contribution in [-0.4, -0.2) is 12.1 Å². The van der Waals surface area contributed by atoms with E-state index in [1.54, 1.807) is 19.2 Å². The summed E-state index contributed by atoms with van der Waals surface area (Å²) in [5.41, 5.74) is 7.72. The number of nitrogen functional groups attached to an aromatic ring is 1. The van der Waals surface area contributed by atoms with Gasteiger partial charge in [-0.1, -0.05) is 35.3 Å². The van der Waals surface area contributed by atoms with E-state index in [1.807, 2.05) is 12.1 Å². The van der Waals surface area contributed by atoms with Crippen molar-refractivity contribution in [3.05, 3.63) is 40.5 Å². The normalized spacial score (nSPS) is 10.3. The summed E-state index contributed by atoms with van der Waals surface area (Å²) >= 11 is 12.1. The highest BCUT2D eigenvalue weighted by atomic mass is 35.5. The van der Waals surface area contributed by atoms with Gasteiger partial charge in [-0.15, -0.1) is 0 Å². The number of anilines is 1. The molecule has 0 fully saturated rings. The minimum absolute atomic E-state index is 0.458. The second kappa shape index (κ2) is 4.82. The fourth-order valence-corrected chi connectivity index (χ4v) is 1.94. The number of rotatable bonds is 2. The van der Waals surface area contributed by atoms with E-state index in [2.05, 4.69) is 4.98 Å². The summed E-state index contributed by atoms with van der Waals surface area (Å²) in [7, 11) is 1.54. The summed E-state index contributed by atoms with van der Waals surface area (Å²) < 4.78 is 5.18. The quantitative estimate of drug-likeness (QED) is 0.905. The number of ether oxygens (including phenoxy) is 1. The maximum atomic E-state index is 6.15. The molecule has 2 rings (SSSR count). The Morgan fingerprint density at radius 2 is 2.00 bits per heavy atom. The summed E-state index contributed by atoms with van der Waals surface area (Å²) in [6.07, 6.45) is 1.53. The highest BCUT2D eigenvalue weighted by Gasteiger charge is 2.12. The monoisotopic (exact) mass is 268 g/mol. The van der Waals surface area contributed by atoms with Crippen LogP contribution in [0.15, 0.2) is 30.5 Å². The second-order valence-corrected chi connectivity index (χ2v) is 4.21. The largest absolute Gasteiger partial charge is 0.481 e. The molecular formula is C12H10Cl2N2O. The molecule has 0 aliphatic heterocycles. The van der Waals surface area contributed by atoms with Crippen LogP contribution in [-0.2, 0) is 0 Å². The van der Waals surface area contributed by atoms with Crippen molar-refractivity contribution in [3.8, 4) is 17.0 Å². The third-order valence-corrected chi connectivity index (χ3v) is 3.13. The van der Waals surface area contributed by atoms with Crippen LogP contribution in [0.1, 0.15) is 0 Å². The molecule has 0 spiro atoms. The average molecular weight is 269 g/mol. The van der Waals surface area contributed by atoms with Crippen molar-refractivity contribution in [3.63, 3.8) is 0 Å². The predicted molar refractivity (Wildman–Crippen MR) is 70.7 cm³/mol. The second-order valence-electron chi connectivity index (χ2n) is 3.43. The Morgan fingerprint density at radius 1 is 1.24 bits per heavy atom.